The molecule has 0 amide bonds. The number of nitrogens with zero attached hydrogens (tertiary/aromatic N) is 5. The second-order valence-electron chi connectivity index (χ2n) is 7.19. The van der Waals surface area contributed by atoms with Gasteiger partial charge in [-0.1, -0.05) is 22.2 Å². The van der Waals surface area contributed by atoms with Crippen LogP contribution in [-0.2, 0) is 11.4 Å². The molecular weight excluding hydrogens is 370 g/mol. The molecule has 0 fully saturated rings. The van der Waals surface area contributed by atoms with Gasteiger partial charge in [0.05, 0.1) is 23.4 Å². The van der Waals surface area contributed by atoms with E-state index >= 15 is 0 Å². The Kier molecular flexibility index (Phi) is 8.47. The van der Waals surface area contributed by atoms with E-state index in [9.17, 15) is 15.3 Å². The van der Waals surface area contributed by atoms with Crippen LogP contribution in [0.4, 0.5) is 5.95 Å². The third kappa shape index (κ3) is 6.25. The van der Waals surface area contributed by atoms with Crippen molar-refractivity contribution >= 4 is 17.4 Å². The number of aromatic nitrogens is 2. The molecule has 12 heteroatoms. The summed E-state index contributed by atoms with van der Waals surface area (Å²) in [5.74, 6) is -0.330. The SMILES string of the molecule is CCC(=NO)C(C)(C)NOCCNC(C)(C)C(Cn1ccnc1[N+](=O)[O-])=NO. The van der Waals surface area contributed by atoms with Crippen molar-refractivity contribution in [2.75, 3.05) is 13.2 Å². The van der Waals surface area contributed by atoms with Crippen LogP contribution in [0.25, 0.3) is 0 Å². The fourth-order valence-electron chi connectivity index (χ4n) is 2.56. The smallest absolute Gasteiger partial charge is 0.411 e. The van der Waals surface area contributed by atoms with Gasteiger partial charge in [0.1, 0.15) is 24.7 Å². The van der Waals surface area contributed by atoms with Gasteiger partial charge in [-0.25, -0.2) is 4.57 Å². The zero-order chi connectivity index (χ0) is 21.4. The van der Waals surface area contributed by atoms with E-state index in [1.165, 1.54) is 17.0 Å². The number of rotatable bonds is 12. The van der Waals surface area contributed by atoms with Crippen molar-refractivity contribution in [1.29, 1.82) is 0 Å². The van der Waals surface area contributed by atoms with Crippen molar-refractivity contribution in [3.63, 3.8) is 0 Å². The molecule has 0 aromatic carbocycles. The Hall–Kier alpha value is -2.57. The average molecular weight is 399 g/mol. The van der Waals surface area contributed by atoms with Gasteiger partial charge in [0, 0.05) is 6.54 Å². The first-order valence-electron chi connectivity index (χ1n) is 8.81. The summed E-state index contributed by atoms with van der Waals surface area (Å²) in [6.45, 7) is 9.80. The first kappa shape index (κ1) is 23.5. The predicted octanol–water partition coefficient (Wildman–Crippen LogP) is 1.53. The second kappa shape index (κ2) is 10.1. The maximum absolute atomic E-state index is 11.0. The first-order chi connectivity index (χ1) is 13.1. The van der Waals surface area contributed by atoms with Crippen molar-refractivity contribution in [3.8, 4) is 0 Å². The number of hydroxylamine groups is 1. The van der Waals surface area contributed by atoms with Crippen molar-refractivity contribution < 1.29 is 20.2 Å². The lowest BCUT2D eigenvalue weighted by Gasteiger charge is -2.28. The van der Waals surface area contributed by atoms with Crippen molar-refractivity contribution in [1.82, 2.24) is 20.3 Å². The Morgan fingerprint density at radius 1 is 1.29 bits per heavy atom. The lowest BCUT2D eigenvalue weighted by molar-refractivity contribution is -0.396. The van der Waals surface area contributed by atoms with Crippen LogP contribution in [0.15, 0.2) is 22.7 Å². The molecule has 1 rings (SSSR count). The largest absolute Gasteiger partial charge is 0.434 e. The number of hydrogen-bond donors (Lipinski definition) is 4. The van der Waals surface area contributed by atoms with Crippen molar-refractivity contribution in [2.24, 2.45) is 10.3 Å². The van der Waals surface area contributed by atoms with Gasteiger partial charge in [-0.05, 0) is 39.0 Å². The summed E-state index contributed by atoms with van der Waals surface area (Å²) in [5, 5.41) is 39.1. The molecule has 0 unspecified atom stereocenters. The van der Waals surface area contributed by atoms with Gasteiger partial charge in [0.25, 0.3) is 0 Å². The minimum Gasteiger partial charge on any atom is -0.411 e. The molecule has 0 bridgehead atoms. The molecule has 28 heavy (non-hydrogen) atoms. The number of oxime groups is 2. The molecule has 4 N–H and O–H groups in total. The minimum absolute atomic E-state index is 0.00573. The van der Waals surface area contributed by atoms with E-state index in [1.54, 1.807) is 13.8 Å². The van der Waals surface area contributed by atoms with E-state index in [2.05, 4.69) is 26.1 Å². The summed E-state index contributed by atoms with van der Waals surface area (Å²) in [6.07, 6.45) is 3.33. The van der Waals surface area contributed by atoms with Crippen LogP contribution in [0.2, 0.25) is 0 Å². The maximum Gasteiger partial charge on any atom is 0.434 e. The van der Waals surface area contributed by atoms with E-state index in [4.69, 9.17) is 10.0 Å². The van der Waals surface area contributed by atoms with Crippen LogP contribution in [-0.4, -0.2) is 60.5 Å². The quantitative estimate of drug-likeness (QED) is 0.135. The predicted molar refractivity (Wildman–Crippen MR) is 103 cm³/mol. The second-order valence-corrected chi connectivity index (χ2v) is 7.19. The molecule has 1 aromatic rings. The molecule has 158 valence electrons. The Morgan fingerprint density at radius 3 is 2.46 bits per heavy atom. The van der Waals surface area contributed by atoms with Gasteiger partial charge in [-0.15, -0.1) is 0 Å². The van der Waals surface area contributed by atoms with Gasteiger partial charge in [-0.2, -0.15) is 5.48 Å². The monoisotopic (exact) mass is 399 g/mol. The van der Waals surface area contributed by atoms with Crippen molar-refractivity contribution in [2.45, 2.75) is 58.7 Å². The molecule has 12 nitrogen and oxygen atoms in total. The normalized spacial score (nSPS) is 13.8. The number of nitrogens with one attached hydrogen (secondary N) is 2. The number of nitro groups is 1. The Morgan fingerprint density at radius 2 is 1.93 bits per heavy atom. The van der Waals surface area contributed by atoms with Gasteiger partial charge in [0.15, 0.2) is 0 Å². The highest BCUT2D eigenvalue weighted by Gasteiger charge is 2.29. The van der Waals surface area contributed by atoms with Crippen LogP contribution in [0.1, 0.15) is 41.0 Å². The van der Waals surface area contributed by atoms with Gasteiger partial charge in [0.2, 0.25) is 0 Å². The van der Waals surface area contributed by atoms with E-state index in [1.807, 2.05) is 20.8 Å². The van der Waals surface area contributed by atoms with E-state index in [-0.39, 0.29) is 19.1 Å². The van der Waals surface area contributed by atoms with Crippen LogP contribution < -0.4 is 10.8 Å². The minimum atomic E-state index is -0.757. The Bertz CT molecular complexity index is 712. The summed E-state index contributed by atoms with van der Waals surface area (Å²) in [6, 6.07) is 0. The maximum atomic E-state index is 11.0. The standard InChI is InChI=1S/C16H29N7O5/c1-6-12(19-24)16(4,5)21-28-10-8-18-15(2,3)13(20-25)11-22-9-7-17-14(22)23(26)27/h7,9,18,21,24-25H,6,8,10-11H2,1-5H3. The molecule has 1 heterocycles. The number of hydrogen-bond acceptors (Lipinski definition) is 10. The van der Waals surface area contributed by atoms with Crippen molar-refractivity contribution in [3.05, 3.63) is 22.5 Å². The molecule has 0 aliphatic carbocycles. The molecule has 0 atom stereocenters. The highest BCUT2D eigenvalue weighted by molar-refractivity contribution is 5.92. The average Bonchev–Trinajstić information content (AvgIpc) is 3.08. The summed E-state index contributed by atoms with van der Waals surface area (Å²) in [5.41, 5.74) is 2.31. The molecule has 0 saturated carbocycles. The van der Waals surface area contributed by atoms with Crippen LogP contribution in [0.5, 0.6) is 0 Å². The van der Waals surface area contributed by atoms with E-state index < -0.39 is 16.0 Å². The van der Waals surface area contributed by atoms with E-state index in [0.29, 0.717) is 24.4 Å². The topological polar surface area (TPSA) is 159 Å². The molecule has 0 aliphatic rings. The fourth-order valence-corrected chi connectivity index (χ4v) is 2.56. The molecular formula is C16H29N7O5. The Labute approximate surface area is 163 Å². The van der Waals surface area contributed by atoms with Crippen LogP contribution in [0.3, 0.4) is 0 Å². The zero-order valence-electron chi connectivity index (χ0n) is 16.8. The first-order valence-corrected chi connectivity index (χ1v) is 8.81. The van der Waals surface area contributed by atoms with Crippen LogP contribution in [0, 0.1) is 10.1 Å². The summed E-state index contributed by atoms with van der Waals surface area (Å²) in [7, 11) is 0. The van der Waals surface area contributed by atoms with E-state index in [0.717, 1.165) is 0 Å². The van der Waals surface area contributed by atoms with Gasteiger partial charge >= 0.3 is 5.95 Å². The fraction of sp³-hybridized carbons (Fsp3) is 0.688. The molecule has 0 saturated heterocycles. The van der Waals surface area contributed by atoms with Crippen LogP contribution >= 0.6 is 0 Å². The summed E-state index contributed by atoms with van der Waals surface area (Å²) in [4.78, 5) is 19.5. The molecule has 0 radical (unpaired) electrons. The third-order valence-electron chi connectivity index (χ3n) is 4.29. The van der Waals surface area contributed by atoms with Gasteiger partial charge < -0.3 is 25.8 Å². The zero-order valence-corrected chi connectivity index (χ0v) is 16.8. The lowest BCUT2D eigenvalue weighted by atomic mass is 9.98. The molecule has 0 spiro atoms. The van der Waals surface area contributed by atoms with Gasteiger partial charge in [-0.3, -0.25) is 4.84 Å². The Balaban J connectivity index is 2.58. The summed E-state index contributed by atoms with van der Waals surface area (Å²) < 4.78 is 1.29. The highest BCUT2D eigenvalue weighted by atomic mass is 16.6. The number of imidazole rings is 1. The highest BCUT2D eigenvalue weighted by Crippen LogP contribution is 2.13. The molecule has 1 aromatic heterocycles. The summed E-state index contributed by atoms with van der Waals surface area (Å²) >= 11 is 0. The molecule has 0 aliphatic heterocycles. The third-order valence-corrected chi connectivity index (χ3v) is 4.29. The lowest BCUT2D eigenvalue weighted by Crippen LogP contribution is -2.51.